The summed E-state index contributed by atoms with van der Waals surface area (Å²) in [4.78, 5) is 12.0. The highest BCUT2D eigenvalue weighted by atomic mass is 79.9. The van der Waals surface area contributed by atoms with Gasteiger partial charge in [0.15, 0.2) is 0 Å². The Bertz CT molecular complexity index is 658. The van der Waals surface area contributed by atoms with Gasteiger partial charge in [0.05, 0.1) is 5.56 Å². The van der Waals surface area contributed by atoms with Crippen molar-refractivity contribution < 1.29 is 9.18 Å². The molecule has 0 bridgehead atoms. The lowest BCUT2D eigenvalue weighted by Crippen LogP contribution is -2.23. The molecule has 0 aliphatic carbocycles. The van der Waals surface area contributed by atoms with Gasteiger partial charge < -0.3 is 11.1 Å². The van der Waals surface area contributed by atoms with Crippen molar-refractivity contribution in [2.24, 2.45) is 0 Å². The molecule has 104 valence electrons. The number of carbonyl (C=O) groups is 1. The number of amides is 1. The third-order valence-electron chi connectivity index (χ3n) is 2.95. The third-order valence-corrected chi connectivity index (χ3v) is 3.44. The first-order valence-electron chi connectivity index (χ1n) is 6.05. The molecule has 1 amide bonds. The van der Waals surface area contributed by atoms with Crippen LogP contribution in [-0.4, -0.2) is 5.91 Å². The van der Waals surface area contributed by atoms with Crippen LogP contribution in [0.3, 0.4) is 0 Å². The van der Waals surface area contributed by atoms with Crippen LogP contribution in [0, 0.1) is 12.7 Å². The van der Waals surface area contributed by atoms with Crippen molar-refractivity contribution >= 4 is 27.5 Å². The highest BCUT2D eigenvalue weighted by Gasteiger charge is 2.09. The van der Waals surface area contributed by atoms with Crippen molar-refractivity contribution in [1.29, 1.82) is 0 Å². The average Bonchev–Trinajstić information content (AvgIpc) is 2.40. The maximum atomic E-state index is 13.4. The topological polar surface area (TPSA) is 55.1 Å². The Morgan fingerprint density at radius 2 is 2.05 bits per heavy atom. The van der Waals surface area contributed by atoms with Crippen molar-refractivity contribution in [3.05, 3.63) is 63.4 Å². The Hall–Kier alpha value is -1.88. The molecule has 2 aromatic rings. The molecule has 2 rings (SSSR count). The summed E-state index contributed by atoms with van der Waals surface area (Å²) >= 11 is 3.28. The van der Waals surface area contributed by atoms with Crippen LogP contribution in [0.15, 0.2) is 40.9 Å². The van der Waals surface area contributed by atoms with Crippen molar-refractivity contribution in [2.45, 2.75) is 13.5 Å². The Morgan fingerprint density at radius 3 is 2.70 bits per heavy atom. The van der Waals surface area contributed by atoms with Crippen LogP contribution < -0.4 is 11.1 Å². The average molecular weight is 337 g/mol. The predicted molar refractivity (Wildman–Crippen MR) is 80.9 cm³/mol. The van der Waals surface area contributed by atoms with E-state index in [0.29, 0.717) is 22.4 Å². The van der Waals surface area contributed by atoms with Gasteiger partial charge in [0, 0.05) is 16.7 Å². The number of carbonyl (C=O) groups excluding carboxylic acids is 1. The highest BCUT2D eigenvalue weighted by molar-refractivity contribution is 9.10. The van der Waals surface area contributed by atoms with Gasteiger partial charge in [-0.2, -0.15) is 0 Å². The molecule has 2 aromatic carbocycles. The number of halogens is 2. The second-order valence-electron chi connectivity index (χ2n) is 4.50. The van der Waals surface area contributed by atoms with E-state index in [4.69, 9.17) is 5.73 Å². The Kier molecular flexibility index (Phi) is 4.39. The number of nitrogens with two attached hydrogens (primary N) is 1. The summed E-state index contributed by atoms with van der Waals surface area (Å²) in [5, 5.41) is 2.72. The van der Waals surface area contributed by atoms with Crippen LogP contribution in [0.5, 0.6) is 0 Å². The molecule has 5 heteroatoms. The number of benzene rings is 2. The largest absolute Gasteiger partial charge is 0.398 e. The lowest BCUT2D eigenvalue weighted by Gasteiger charge is -2.08. The van der Waals surface area contributed by atoms with Crippen LogP contribution in [0.25, 0.3) is 0 Å². The number of hydrogen-bond donors (Lipinski definition) is 2. The quantitative estimate of drug-likeness (QED) is 0.844. The van der Waals surface area contributed by atoms with E-state index in [0.717, 1.165) is 4.47 Å². The maximum Gasteiger partial charge on any atom is 0.253 e. The molecule has 0 atom stereocenters. The lowest BCUT2D eigenvalue weighted by molar-refractivity contribution is 0.0951. The number of anilines is 1. The van der Waals surface area contributed by atoms with E-state index in [1.54, 1.807) is 37.3 Å². The molecular weight excluding hydrogens is 323 g/mol. The van der Waals surface area contributed by atoms with E-state index in [2.05, 4.69) is 21.2 Å². The molecule has 0 unspecified atom stereocenters. The molecule has 0 saturated carbocycles. The zero-order chi connectivity index (χ0) is 14.7. The van der Waals surface area contributed by atoms with Gasteiger partial charge in [-0.15, -0.1) is 0 Å². The summed E-state index contributed by atoms with van der Waals surface area (Å²) in [6.45, 7) is 1.95. The zero-order valence-electron chi connectivity index (χ0n) is 10.9. The first-order valence-corrected chi connectivity index (χ1v) is 6.85. The molecular formula is C15H14BrFN2O. The Balaban J connectivity index is 2.06. The van der Waals surface area contributed by atoms with Gasteiger partial charge in [0.1, 0.15) is 5.82 Å². The molecule has 0 spiro atoms. The fraction of sp³-hybridized carbons (Fsp3) is 0.133. The second kappa shape index (κ2) is 6.05. The minimum Gasteiger partial charge on any atom is -0.398 e. The van der Waals surface area contributed by atoms with E-state index in [9.17, 15) is 9.18 Å². The summed E-state index contributed by atoms with van der Waals surface area (Å²) in [5.74, 6) is -0.559. The summed E-state index contributed by atoms with van der Waals surface area (Å²) in [7, 11) is 0. The van der Waals surface area contributed by atoms with Gasteiger partial charge in [0.2, 0.25) is 0 Å². The van der Waals surface area contributed by atoms with E-state index < -0.39 is 0 Å². The third kappa shape index (κ3) is 3.36. The van der Waals surface area contributed by atoms with Crippen molar-refractivity contribution in [1.82, 2.24) is 5.32 Å². The van der Waals surface area contributed by atoms with Crippen LogP contribution in [-0.2, 0) is 6.54 Å². The van der Waals surface area contributed by atoms with E-state index in [-0.39, 0.29) is 18.3 Å². The minimum absolute atomic E-state index is 0.255. The first-order chi connectivity index (χ1) is 9.47. The smallest absolute Gasteiger partial charge is 0.253 e. The predicted octanol–water partition coefficient (Wildman–Crippen LogP) is 3.41. The molecule has 0 fully saturated rings. The molecule has 0 aliphatic rings. The molecule has 0 radical (unpaired) electrons. The fourth-order valence-corrected chi connectivity index (χ4v) is 2.14. The van der Waals surface area contributed by atoms with Crippen LogP contribution >= 0.6 is 15.9 Å². The number of aryl methyl sites for hydroxylation is 1. The van der Waals surface area contributed by atoms with Crippen LogP contribution in [0.1, 0.15) is 21.5 Å². The van der Waals surface area contributed by atoms with E-state index in [1.807, 2.05) is 0 Å². The standard InChI is InChI=1S/C15H14BrFN2O/c1-9-2-3-10(6-13(9)17)8-19-15(20)12-5-4-11(16)7-14(12)18/h2-7H,8,18H2,1H3,(H,19,20). The SMILES string of the molecule is Cc1ccc(CNC(=O)c2ccc(Br)cc2N)cc1F. The summed E-state index contributed by atoms with van der Waals surface area (Å²) in [5.41, 5.74) is 7.87. The highest BCUT2D eigenvalue weighted by Crippen LogP contribution is 2.18. The number of nitrogens with one attached hydrogen (secondary N) is 1. The molecule has 0 aliphatic heterocycles. The Labute approximate surface area is 125 Å². The van der Waals surface area contributed by atoms with Gasteiger partial charge in [-0.05, 0) is 42.3 Å². The minimum atomic E-state index is -0.281. The van der Waals surface area contributed by atoms with Crippen molar-refractivity contribution in [3.8, 4) is 0 Å². The second-order valence-corrected chi connectivity index (χ2v) is 5.41. The van der Waals surface area contributed by atoms with Crippen LogP contribution in [0.2, 0.25) is 0 Å². The normalized spacial score (nSPS) is 10.3. The van der Waals surface area contributed by atoms with Gasteiger partial charge in [-0.25, -0.2) is 4.39 Å². The van der Waals surface area contributed by atoms with E-state index >= 15 is 0 Å². The van der Waals surface area contributed by atoms with E-state index in [1.165, 1.54) is 6.07 Å². The Morgan fingerprint density at radius 1 is 1.30 bits per heavy atom. The number of rotatable bonds is 3. The first kappa shape index (κ1) is 14.5. The zero-order valence-corrected chi connectivity index (χ0v) is 12.5. The van der Waals surface area contributed by atoms with Gasteiger partial charge in [-0.1, -0.05) is 28.1 Å². The van der Waals surface area contributed by atoms with Crippen LogP contribution in [0.4, 0.5) is 10.1 Å². The van der Waals surface area contributed by atoms with Gasteiger partial charge in [0.25, 0.3) is 5.91 Å². The fourth-order valence-electron chi connectivity index (χ4n) is 1.76. The maximum absolute atomic E-state index is 13.4. The molecule has 0 saturated heterocycles. The van der Waals surface area contributed by atoms with Gasteiger partial charge in [-0.3, -0.25) is 4.79 Å². The van der Waals surface area contributed by atoms with Gasteiger partial charge >= 0.3 is 0 Å². The summed E-state index contributed by atoms with van der Waals surface area (Å²) in [6, 6.07) is 9.94. The summed E-state index contributed by atoms with van der Waals surface area (Å²) < 4.78 is 14.2. The lowest BCUT2D eigenvalue weighted by atomic mass is 10.1. The molecule has 3 N–H and O–H groups in total. The molecule has 3 nitrogen and oxygen atoms in total. The van der Waals surface area contributed by atoms with Crippen molar-refractivity contribution in [2.75, 3.05) is 5.73 Å². The van der Waals surface area contributed by atoms with Crippen molar-refractivity contribution in [3.63, 3.8) is 0 Å². The monoisotopic (exact) mass is 336 g/mol. The number of hydrogen-bond acceptors (Lipinski definition) is 2. The summed E-state index contributed by atoms with van der Waals surface area (Å²) in [6.07, 6.45) is 0. The molecule has 20 heavy (non-hydrogen) atoms. The molecule has 0 aromatic heterocycles. The number of nitrogen functional groups attached to an aromatic ring is 1. The molecule has 0 heterocycles.